The zero-order chi connectivity index (χ0) is 67.0. The van der Waals surface area contributed by atoms with Gasteiger partial charge < -0.3 is 33.8 Å². The van der Waals surface area contributed by atoms with Crippen LogP contribution in [0.4, 0.5) is 0 Å². The van der Waals surface area contributed by atoms with Crippen LogP contribution in [0.5, 0.6) is 0 Å². The Hall–Kier alpha value is -1.94. The van der Waals surface area contributed by atoms with Gasteiger partial charge in [-0.25, -0.2) is 9.13 Å². The summed E-state index contributed by atoms with van der Waals surface area (Å²) >= 11 is 0. The van der Waals surface area contributed by atoms with Gasteiger partial charge in [0.25, 0.3) is 0 Å². The Kier molecular flexibility index (Phi) is 64.0. The normalized spacial score (nSPS) is 14.0. The first kappa shape index (κ1) is 89.1. The number of esters is 4. The highest BCUT2D eigenvalue weighted by atomic mass is 31.2. The molecule has 0 bridgehead atoms. The number of hydrogen-bond acceptors (Lipinski definition) is 15. The summed E-state index contributed by atoms with van der Waals surface area (Å²) in [7, 11) is -9.89. The van der Waals surface area contributed by atoms with Gasteiger partial charge in [-0.1, -0.05) is 324 Å². The average Bonchev–Trinajstić information content (AvgIpc) is 3.42. The van der Waals surface area contributed by atoms with Crippen molar-refractivity contribution in [2.45, 2.75) is 393 Å². The molecule has 0 aromatic rings. The third-order valence-corrected chi connectivity index (χ3v) is 18.7. The molecular formula is C72H140O17P2. The van der Waals surface area contributed by atoms with Crippen LogP contribution in [0.15, 0.2) is 0 Å². The Morgan fingerprint density at radius 2 is 0.505 bits per heavy atom. The van der Waals surface area contributed by atoms with E-state index >= 15 is 0 Å². The molecule has 0 aliphatic rings. The standard InChI is InChI=1S/C72H140O17P2/c1-6-9-12-15-17-19-20-21-22-23-24-28-31-34-38-41-46-51-56-70(75)83-62-68(89-72(77)58-53-48-43-39-35-32-29-26-25-27-30-33-37-40-45-49-54-65(4)5)64-87-91(80,81)85-60-66(73)59-84-90(78,79)86-63-67(61-82-69(74)55-50-44-14-11-8-3)88-71(76)57-52-47-42-36-18-16-13-10-7-2/h65-68,73H,6-64H2,1-5H3,(H,78,79)(H,80,81)/t66-,67+,68+/m0/s1. The molecule has 0 saturated heterocycles. The highest BCUT2D eigenvalue weighted by molar-refractivity contribution is 7.47. The predicted octanol–water partition coefficient (Wildman–Crippen LogP) is 20.9. The number of unbranched alkanes of at least 4 members (excludes halogenated alkanes) is 44. The van der Waals surface area contributed by atoms with Gasteiger partial charge in [-0.15, -0.1) is 0 Å². The van der Waals surface area contributed by atoms with Gasteiger partial charge in [0.1, 0.15) is 19.3 Å². The molecule has 0 amide bonds. The van der Waals surface area contributed by atoms with Crippen LogP contribution in [0.25, 0.3) is 0 Å². The minimum absolute atomic E-state index is 0.105. The number of carbonyl (C=O) groups is 4. The molecule has 2 unspecified atom stereocenters. The van der Waals surface area contributed by atoms with Crippen LogP contribution in [-0.4, -0.2) is 96.7 Å². The maximum absolute atomic E-state index is 13.1. The molecule has 0 aromatic heterocycles. The van der Waals surface area contributed by atoms with Crippen LogP contribution in [-0.2, 0) is 65.4 Å². The second kappa shape index (κ2) is 65.4. The van der Waals surface area contributed by atoms with Gasteiger partial charge in [-0.3, -0.25) is 37.3 Å². The molecule has 0 aromatic carbocycles. The van der Waals surface area contributed by atoms with Crippen LogP contribution in [0.3, 0.4) is 0 Å². The van der Waals surface area contributed by atoms with Crippen molar-refractivity contribution in [1.82, 2.24) is 0 Å². The first-order valence-corrected chi connectivity index (χ1v) is 40.6. The number of phosphoric acid groups is 2. The van der Waals surface area contributed by atoms with Gasteiger partial charge in [-0.05, 0) is 31.6 Å². The summed E-state index contributed by atoms with van der Waals surface area (Å²) in [6, 6.07) is 0. The average molecular weight is 1340 g/mol. The molecule has 0 radical (unpaired) electrons. The number of carbonyl (C=O) groups excluding carboxylic acids is 4. The summed E-state index contributed by atoms with van der Waals surface area (Å²) in [5, 5.41) is 10.6. The van der Waals surface area contributed by atoms with Gasteiger partial charge >= 0.3 is 39.5 Å². The van der Waals surface area contributed by atoms with Crippen molar-refractivity contribution in [3.8, 4) is 0 Å². The topological polar surface area (TPSA) is 237 Å². The van der Waals surface area contributed by atoms with Gasteiger partial charge in [0.05, 0.1) is 26.4 Å². The lowest BCUT2D eigenvalue weighted by Gasteiger charge is -2.21. The highest BCUT2D eigenvalue weighted by Gasteiger charge is 2.30. The number of phosphoric ester groups is 2. The summed E-state index contributed by atoms with van der Waals surface area (Å²) < 4.78 is 68.1. The molecule has 0 spiro atoms. The molecule has 0 rings (SSSR count). The van der Waals surface area contributed by atoms with Gasteiger partial charge in [0.15, 0.2) is 12.2 Å². The van der Waals surface area contributed by atoms with Crippen molar-refractivity contribution in [2.75, 3.05) is 39.6 Å². The maximum Gasteiger partial charge on any atom is 0.472 e. The van der Waals surface area contributed by atoms with Crippen LogP contribution < -0.4 is 0 Å². The molecule has 0 aliphatic heterocycles. The van der Waals surface area contributed by atoms with E-state index in [1.165, 1.54) is 193 Å². The number of ether oxygens (including phenoxy) is 4. The lowest BCUT2D eigenvalue weighted by molar-refractivity contribution is -0.161. The van der Waals surface area contributed by atoms with Crippen LogP contribution >= 0.6 is 15.6 Å². The van der Waals surface area contributed by atoms with E-state index in [0.29, 0.717) is 25.7 Å². The third-order valence-electron chi connectivity index (χ3n) is 16.8. The van der Waals surface area contributed by atoms with Crippen molar-refractivity contribution in [2.24, 2.45) is 5.92 Å². The molecule has 91 heavy (non-hydrogen) atoms. The minimum atomic E-state index is -4.95. The molecular weight excluding hydrogens is 1200 g/mol. The van der Waals surface area contributed by atoms with Gasteiger partial charge in [0.2, 0.25) is 0 Å². The second-order valence-corrected chi connectivity index (χ2v) is 29.4. The van der Waals surface area contributed by atoms with E-state index < -0.39 is 97.5 Å². The maximum atomic E-state index is 13.1. The van der Waals surface area contributed by atoms with Crippen molar-refractivity contribution in [3.63, 3.8) is 0 Å². The highest BCUT2D eigenvalue weighted by Crippen LogP contribution is 2.45. The fourth-order valence-corrected chi connectivity index (χ4v) is 12.6. The molecule has 5 atom stereocenters. The smallest absolute Gasteiger partial charge is 0.462 e. The van der Waals surface area contributed by atoms with E-state index in [1.54, 1.807) is 0 Å². The molecule has 0 saturated carbocycles. The van der Waals surface area contributed by atoms with Crippen molar-refractivity contribution in [3.05, 3.63) is 0 Å². The van der Waals surface area contributed by atoms with Crippen molar-refractivity contribution in [1.29, 1.82) is 0 Å². The quantitative estimate of drug-likeness (QED) is 0.0222. The van der Waals surface area contributed by atoms with Crippen LogP contribution in [0, 0.1) is 5.92 Å². The predicted molar refractivity (Wildman–Crippen MR) is 368 cm³/mol. The van der Waals surface area contributed by atoms with Crippen molar-refractivity contribution >= 4 is 39.5 Å². The molecule has 0 heterocycles. The molecule has 540 valence electrons. The molecule has 0 aliphatic carbocycles. The lowest BCUT2D eigenvalue weighted by Crippen LogP contribution is -2.30. The SMILES string of the molecule is CCCCCCCCCCCCCCCCCCCCC(=O)OC[C@H](COP(=O)(O)OC[C@@H](O)COP(=O)(O)OC[C@@H](COC(=O)CCCCCCC)OC(=O)CCCCCCCCCCC)OC(=O)CCCCCCCCCCCCCCCCCCC(C)C. The number of aliphatic hydroxyl groups is 1. The molecule has 3 N–H and O–H groups in total. The summed E-state index contributed by atoms with van der Waals surface area (Å²) in [4.78, 5) is 72.3. The van der Waals surface area contributed by atoms with E-state index in [9.17, 15) is 43.2 Å². The van der Waals surface area contributed by atoms with E-state index in [1.807, 2.05) is 0 Å². The summed E-state index contributed by atoms with van der Waals surface area (Å²) in [5.74, 6) is -1.32. The Morgan fingerprint density at radius 1 is 0.297 bits per heavy atom. The number of hydrogen-bond donors (Lipinski definition) is 3. The largest absolute Gasteiger partial charge is 0.472 e. The first-order valence-electron chi connectivity index (χ1n) is 37.6. The fraction of sp³-hybridized carbons (Fsp3) is 0.944. The zero-order valence-electron chi connectivity index (χ0n) is 59.0. The third kappa shape index (κ3) is 66.5. The lowest BCUT2D eigenvalue weighted by atomic mass is 10.0. The number of rotatable bonds is 72. The van der Waals surface area contributed by atoms with Crippen molar-refractivity contribution < 1.29 is 80.2 Å². The van der Waals surface area contributed by atoms with E-state index in [2.05, 4.69) is 34.6 Å². The second-order valence-electron chi connectivity index (χ2n) is 26.5. The Bertz CT molecular complexity index is 1750. The molecule has 0 fully saturated rings. The monoisotopic (exact) mass is 1340 g/mol. The molecule has 17 nitrogen and oxygen atoms in total. The summed E-state index contributed by atoms with van der Waals surface area (Å²) in [6.07, 6.45) is 53.3. The summed E-state index contributed by atoms with van der Waals surface area (Å²) in [5.41, 5.74) is 0. The van der Waals surface area contributed by atoms with Crippen LogP contribution in [0.2, 0.25) is 0 Å². The van der Waals surface area contributed by atoms with E-state index in [-0.39, 0.29) is 25.7 Å². The van der Waals surface area contributed by atoms with E-state index in [0.717, 1.165) is 102 Å². The minimum Gasteiger partial charge on any atom is -0.462 e. The molecule has 19 heteroatoms. The summed E-state index contributed by atoms with van der Waals surface area (Å²) in [6.45, 7) is 7.18. The van der Waals surface area contributed by atoms with Crippen LogP contribution in [0.1, 0.15) is 375 Å². The van der Waals surface area contributed by atoms with E-state index in [4.69, 9.17) is 37.0 Å². The zero-order valence-corrected chi connectivity index (χ0v) is 60.8. The number of aliphatic hydroxyl groups excluding tert-OH is 1. The van der Waals surface area contributed by atoms with Gasteiger partial charge in [0, 0.05) is 25.7 Å². The Labute approximate surface area is 556 Å². The first-order chi connectivity index (χ1) is 44.0. The van der Waals surface area contributed by atoms with Gasteiger partial charge in [-0.2, -0.15) is 0 Å². The Balaban J connectivity index is 5.11. The Morgan fingerprint density at radius 3 is 0.747 bits per heavy atom. The fourth-order valence-electron chi connectivity index (χ4n) is 11.0.